The van der Waals surface area contributed by atoms with Crippen molar-refractivity contribution in [3.05, 3.63) is 36.1 Å². The number of ether oxygens (including phenoxy) is 3. The Labute approximate surface area is 359 Å². The third-order valence-electron chi connectivity index (χ3n) is 10.9. The number of aliphatic hydroxyl groups is 1. The highest BCUT2D eigenvalue weighted by molar-refractivity contribution is 5.80. The van der Waals surface area contributed by atoms with Crippen LogP contribution in [0.2, 0.25) is 0 Å². The molecular formula is C45H88N6O8. The standard InChI is InChI=1S/C22H37N3O5.C13H26N2O3.C7H17N.C3H8/c1-8-17(10-9-14(2)29-6)20(23-5)16(4)24-22(28)15(3)21(30-7)19-11-18(27)12-25(19)13-26;1-6-10(3)13(11(7-2)18-5)15(4)12(17)8-14-9-16;1-6(2)7(3)8(4)5;1-3-2/h8-10,13,15-16,18-21,23,27H,1,11-12H2,2-7H3,(H,24,28);9-11,13H,6-8H2,1-5H3,(H,14,16);6-7H,1-5H3;3H2,1-2H3/b14-9+,17-10+;;;/t;10-,11?,13?;;/m.0../s1. The molecular weight excluding hydrogens is 753 g/mol. The lowest BCUT2D eigenvalue weighted by Crippen LogP contribution is -2.53. The number of amides is 4. The van der Waals surface area contributed by atoms with Gasteiger partial charge in [0.15, 0.2) is 0 Å². The van der Waals surface area contributed by atoms with Crippen LogP contribution in [-0.2, 0) is 33.4 Å². The van der Waals surface area contributed by atoms with Crippen LogP contribution in [0.3, 0.4) is 0 Å². The van der Waals surface area contributed by atoms with Gasteiger partial charge in [-0.3, -0.25) is 19.2 Å². The molecule has 1 saturated heterocycles. The van der Waals surface area contributed by atoms with Crippen LogP contribution in [0.5, 0.6) is 0 Å². The predicted octanol–water partition coefficient (Wildman–Crippen LogP) is 5.02. The van der Waals surface area contributed by atoms with Crippen molar-refractivity contribution in [2.45, 2.75) is 150 Å². The molecule has 346 valence electrons. The summed E-state index contributed by atoms with van der Waals surface area (Å²) in [5.74, 6) is 1.08. The number of nitrogens with zero attached hydrogens (tertiary/aromatic N) is 3. The van der Waals surface area contributed by atoms with Crippen molar-refractivity contribution in [1.29, 1.82) is 0 Å². The molecule has 10 atom stereocenters. The summed E-state index contributed by atoms with van der Waals surface area (Å²) < 4.78 is 16.2. The van der Waals surface area contributed by atoms with Crippen LogP contribution in [-0.4, -0.2) is 156 Å². The highest BCUT2D eigenvalue weighted by Gasteiger charge is 2.41. The Kier molecular flexibility index (Phi) is 35.0. The van der Waals surface area contributed by atoms with Crippen molar-refractivity contribution < 1.29 is 38.5 Å². The van der Waals surface area contributed by atoms with Crippen LogP contribution >= 0.6 is 0 Å². The van der Waals surface area contributed by atoms with E-state index in [4.69, 9.17) is 14.2 Å². The summed E-state index contributed by atoms with van der Waals surface area (Å²) in [5, 5.41) is 18.6. The van der Waals surface area contributed by atoms with Gasteiger partial charge in [-0.1, -0.05) is 87.0 Å². The fraction of sp³-hybridized carbons (Fsp3) is 0.778. The summed E-state index contributed by atoms with van der Waals surface area (Å²) in [6.45, 7) is 26.9. The summed E-state index contributed by atoms with van der Waals surface area (Å²) in [4.78, 5) is 51.9. The number of β-amino-alcohol motifs (C(OH)–C–C–N with tert-alkyl or cyclic N) is 1. The molecule has 14 nitrogen and oxygen atoms in total. The lowest BCUT2D eigenvalue weighted by molar-refractivity contribution is -0.136. The zero-order valence-electron chi connectivity index (χ0n) is 40.3. The summed E-state index contributed by atoms with van der Waals surface area (Å²) in [5.41, 5.74) is 0.906. The summed E-state index contributed by atoms with van der Waals surface area (Å²) in [7, 11) is 12.6. The van der Waals surface area contributed by atoms with Gasteiger partial charge in [0.2, 0.25) is 24.6 Å². The molecule has 0 aromatic heterocycles. The molecule has 1 heterocycles. The van der Waals surface area contributed by atoms with Gasteiger partial charge in [-0.25, -0.2) is 0 Å². The Morgan fingerprint density at radius 2 is 1.53 bits per heavy atom. The number of likely N-dealkylation sites (tertiary alicyclic amines) is 1. The highest BCUT2D eigenvalue weighted by Crippen LogP contribution is 2.26. The fourth-order valence-electron chi connectivity index (χ4n) is 6.68. The van der Waals surface area contributed by atoms with Crippen molar-refractivity contribution in [1.82, 2.24) is 30.7 Å². The smallest absolute Gasteiger partial charge is 0.242 e. The normalized spacial score (nSPS) is 19.4. The number of methoxy groups -OCH3 is 3. The second kappa shape index (κ2) is 34.4. The van der Waals surface area contributed by atoms with E-state index in [0.29, 0.717) is 31.2 Å². The molecule has 4 amide bonds. The largest absolute Gasteiger partial charge is 0.501 e. The minimum atomic E-state index is -0.607. The van der Waals surface area contributed by atoms with Gasteiger partial charge in [-0.05, 0) is 78.2 Å². The first-order valence-electron chi connectivity index (χ1n) is 21.3. The molecule has 0 saturated carbocycles. The van der Waals surface area contributed by atoms with E-state index in [0.717, 1.165) is 30.1 Å². The lowest BCUT2D eigenvalue weighted by Gasteiger charge is -2.37. The molecule has 1 aliphatic heterocycles. The molecule has 0 bridgehead atoms. The molecule has 1 fully saturated rings. The Balaban J connectivity index is -0.000000908. The van der Waals surface area contributed by atoms with Gasteiger partial charge in [-0.2, -0.15) is 0 Å². The molecule has 0 radical (unpaired) electrons. The quantitative estimate of drug-likeness (QED) is 0.0625. The lowest BCUT2D eigenvalue weighted by atomic mass is 9.91. The van der Waals surface area contributed by atoms with Crippen LogP contribution in [0.25, 0.3) is 0 Å². The van der Waals surface area contributed by atoms with Gasteiger partial charge in [0, 0.05) is 39.9 Å². The van der Waals surface area contributed by atoms with Crippen LogP contribution in [0.15, 0.2) is 36.1 Å². The van der Waals surface area contributed by atoms with E-state index in [9.17, 15) is 24.3 Å². The second-order valence-electron chi connectivity index (χ2n) is 15.9. The Bertz CT molecular complexity index is 1200. The molecule has 4 N–H and O–H groups in total. The Hall–Kier alpha value is -3.30. The van der Waals surface area contributed by atoms with E-state index >= 15 is 0 Å². The summed E-state index contributed by atoms with van der Waals surface area (Å²) >= 11 is 0. The van der Waals surface area contributed by atoms with Gasteiger partial charge >= 0.3 is 0 Å². The fourth-order valence-corrected chi connectivity index (χ4v) is 6.68. The van der Waals surface area contributed by atoms with Gasteiger partial charge < -0.3 is 50.0 Å². The number of carbonyl (C=O) groups is 4. The van der Waals surface area contributed by atoms with Crippen LogP contribution in [0, 0.1) is 17.8 Å². The molecule has 9 unspecified atom stereocenters. The number of hydrogen-bond acceptors (Lipinski definition) is 10. The minimum absolute atomic E-state index is 0.0186. The van der Waals surface area contributed by atoms with Crippen molar-refractivity contribution in [3.8, 4) is 0 Å². The Morgan fingerprint density at radius 3 is 1.90 bits per heavy atom. The number of rotatable bonds is 23. The maximum absolute atomic E-state index is 13.0. The van der Waals surface area contributed by atoms with Gasteiger partial charge in [-0.15, -0.1) is 0 Å². The van der Waals surface area contributed by atoms with Crippen molar-refractivity contribution in [2.24, 2.45) is 17.8 Å². The molecule has 59 heavy (non-hydrogen) atoms. The van der Waals surface area contributed by atoms with Crippen LogP contribution in [0.4, 0.5) is 0 Å². The van der Waals surface area contributed by atoms with Gasteiger partial charge in [0.1, 0.15) is 0 Å². The number of hydrogen-bond donors (Lipinski definition) is 4. The van der Waals surface area contributed by atoms with E-state index in [-0.39, 0.29) is 55.2 Å². The maximum Gasteiger partial charge on any atom is 0.242 e. The second-order valence-corrected chi connectivity index (χ2v) is 15.9. The van der Waals surface area contributed by atoms with E-state index in [1.165, 1.54) is 18.4 Å². The minimum Gasteiger partial charge on any atom is -0.501 e. The monoisotopic (exact) mass is 841 g/mol. The Morgan fingerprint density at radius 1 is 0.949 bits per heavy atom. The zero-order chi connectivity index (χ0) is 46.4. The average Bonchev–Trinajstić information content (AvgIpc) is 3.59. The van der Waals surface area contributed by atoms with E-state index < -0.39 is 18.1 Å². The molecule has 14 heteroatoms. The number of allylic oxidation sites excluding steroid dienone is 3. The SMILES string of the molecule is C=C/C(=C\C=C(/C)OC)C(NC)C(C)NC(=O)C(C)C(OC)C1CC(O)CN1C=O.CC(C)C(C)N(C)C.CCC.CCC(OC)C([C@@H](C)CC)N(C)C(=O)CNC=O. The topological polar surface area (TPSA) is 162 Å². The van der Waals surface area contributed by atoms with E-state index in [2.05, 4.69) is 90.0 Å². The van der Waals surface area contributed by atoms with Crippen LogP contribution in [0.1, 0.15) is 102 Å². The zero-order valence-corrected chi connectivity index (χ0v) is 40.3. The van der Waals surface area contributed by atoms with Crippen molar-refractivity contribution in [3.63, 3.8) is 0 Å². The summed E-state index contributed by atoms with van der Waals surface area (Å²) in [6, 6.07) is -0.00924. The van der Waals surface area contributed by atoms with E-state index in [1.807, 2.05) is 40.0 Å². The van der Waals surface area contributed by atoms with Crippen molar-refractivity contribution >= 4 is 24.6 Å². The van der Waals surface area contributed by atoms with Crippen molar-refractivity contribution in [2.75, 3.05) is 62.6 Å². The molecule has 0 aromatic carbocycles. The summed E-state index contributed by atoms with van der Waals surface area (Å²) in [6.07, 6.45) is 9.09. The first-order valence-corrected chi connectivity index (χ1v) is 21.3. The first kappa shape index (κ1) is 60.0. The number of carbonyl (C=O) groups excluding carboxylic acids is 4. The molecule has 0 aliphatic carbocycles. The molecule has 1 aliphatic rings. The van der Waals surface area contributed by atoms with Gasteiger partial charge in [0.25, 0.3) is 0 Å². The average molecular weight is 841 g/mol. The molecule has 0 aromatic rings. The van der Waals surface area contributed by atoms with E-state index in [1.54, 1.807) is 39.2 Å². The third-order valence-corrected chi connectivity index (χ3v) is 10.9. The molecule has 1 rings (SSSR count). The van der Waals surface area contributed by atoms with Gasteiger partial charge in [0.05, 0.1) is 61.8 Å². The number of nitrogens with one attached hydrogen (secondary N) is 3. The van der Waals surface area contributed by atoms with Crippen LogP contribution < -0.4 is 16.0 Å². The number of aliphatic hydroxyl groups excluding tert-OH is 1. The first-order chi connectivity index (χ1) is 27.7. The number of likely N-dealkylation sites (N-methyl/N-ethyl adjacent to an activating group) is 2. The maximum atomic E-state index is 13.0. The molecule has 0 spiro atoms. The highest BCUT2D eigenvalue weighted by atomic mass is 16.5. The predicted molar refractivity (Wildman–Crippen MR) is 242 cm³/mol. The third kappa shape index (κ3) is 22.8.